The summed E-state index contributed by atoms with van der Waals surface area (Å²) < 4.78 is 0. The van der Waals surface area contributed by atoms with E-state index in [2.05, 4.69) is 4.99 Å². The Morgan fingerprint density at radius 2 is 2.17 bits per heavy atom. The summed E-state index contributed by atoms with van der Waals surface area (Å²) in [5.74, 6) is 6.12. The van der Waals surface area contributed by atoms with Gasteiger partial charge in [-0.2, -0.15) is 0 Å². The van der Waals surface area contributed by atoms with Gasteiger partial charge in [0.1, 0.15) is 12.0 Å². The van der Waals surface area contributed by atoms with Gasteiger partial charge in [0, 0.05) is 5.57 Å². The van der Waals surface area contributed by atoms with Crippen LogP contribution < -0.4 is 17.3 Å². The Bertz CT molecular complexity index is 246. The summed E-state index contributed by atoms with van der Waals surface area (Å²) in [6, 6.07) is 0. The van der Waals surface area contributed by atoms with E-state index in [4.69, 9.17) is 17.3 Å². The molecule has 1 atom stereocenters. The number of rotatable bonds is 0. The van der Waals surface area contributed by atoms with Crippen molar-refractivity contribution in [3.63, 3.8) is 0 Å². The van der Waals surface area contributed by atoms with Crippen molar-refractivity contribution in [3.8, 4) is 0 Å². The Labute approximate surface area is 75.6 Å². The van der Waals surface area contributed by atoms with E-state index in [-0.39, 0.29) is 6.17 Å². The van der Waals surface area contributed by atoms with Gasteiger partial charge >= 0.3 is 0 Å². The molecule has 0 radical (unpaired) electrons. The zero-order valence-corrected chi connectivity index (χ0v) is 7.93. The van der Waals surface area contributed by atoms with Crippen molar-refractivity contribution in [2.75, 3.05) is 6.26 Å². The zero-order chi connectivity index (χ0) is 9.30. The van der Waals surface area contributed by atoms with Crippen molar-refractivity contribution in [2.24, 2.45) is 22.3 Å². The average Bonchev–Trinajstić information content (AvgIpc) is 2.08. The molecule has 1 unspecified atom stereocenters. The van der Waals surface area contributed by atoms with Crippen LogP contribution >= 0.6 is 11.8 Å². The quantitative estimate of drug-likeness (QED) is 0.439. The number of nitrogens with two attached hydrogens (primary N) is 3. The molecule has 0 aromatic carbocycles. The van der Waals surface area contributed by atoms with Gasteiger partial charge in [-0.1, -0.05) is 11.8 Å². The van der Waals surface area contributed by atoms with Gasteiger partial charge in [-0.15, -0.1) is 0 Å². The van der Waals surface area contributed by atoms with Crippen LogP contribution in [0.15, 0.2) is 16.4 Å². The molecule has 12 heavy (non-hydrogen) atoms. The molecule has 0 saturated heterocycles. The number of hydrogen-bond acceptors (Lipinski definition) is 6. The van der Waals surface area contributed by atoms with Crippen LogP contribution in [0.4, 0.5) is 0 Å². The fraction of sp³-hybridized carbons (Fsp3) is 0.500. The molecule has 0 spiro atoms. The highest BCUT2D eigenvalue weighted by atomic mass is 32.2. The van der Waals surface area contributed by atoms with E-state index in [9.17, 15) is 0 Å². The lowest BCUT2D eigenvalue weighted by atomic mass is 10.2. The third kappa shape index (κ3) is 1.40. The van der Waals surface area contributed by atoms with Crippen LogP contribution in [0.3, 0.4) is 0 Å². The summed E-state index contributed by atoms with van der Waals surface area (Å²) in [6.07, 6.45) is 1.52. The maximum atomic E-state index is 5.75. The number of aliphatic imine (C=N–C) groups is 1. The Morgan fingerprint density at radius 1 is 1.58 bits per heavy atom. The summed E-state index contributed by atoms with van der Waals surface area (Å²) in [6.45, 7) is 1.82. The summed E-state index contributed by atoms with van der Waals surface area (Å²) in [7, 11) is 0. The minimum Gasteiger partial charge on any atom is -0.384 e. The molecule has 0 aromatic rings. The first kappa shape index (κ1) is 9.37. The predicted octanol–water partition coefficient (Wildman–Crippen LogP) is -0.630. The van der Waals surface area contributed by atoms with Gasteiger partial charge in [-0.05, 0) is 13.2 Å². The Balaban J connectivity index is 3.00. The van der Waals surface area contributed by atoms with Gasteiger partial charge in [-0.25, -0.2) is 10.8 Å². The third-order valence-corrected chi connectivity index (χ3v) is 2.43. The van der Waals surface area contributed by atoms with Crippen molar-refractivity contribution in [2.45, 2.75) is 13.1 Å². The topological polar surface area (TPSA) is 93.7 Å². The van der Waals surface area contributed by atoms with Gasteiger partial charge in [0.15, 0.2) is 5.17 Å². The molecule has 0 aromatic heterocycles. The second-order valence-electron chi connectivity index (χ2n) is 2.52. The largest absolute Gasteiger partial charge is 0.384 e. The first-order valence-electron chi connectivity index (χ1n) is 3.46. The van der Waals surface area contributed by atoms with Crippen molar-refractivity contribution >= 4 is 16.9 Å². The summed E-state index contributed by atoms with van der Waals surface area (Å²) in [5, 5.41) is 2.06. The van der Waals surface area contributed by atoms with Crippen LogP contribution in [0, 0.1) is 0 Å². The van der Waals surface area contributed by atoms with E-state index >= 15 is 0 Å². The molecule has 6 heteroatoms. The molecule has 5 nitrogen and oxygen atoms in total. The zero-order valence-electron chi connectivity index (χ0n) is 7.11. The van der Waals surface area contributed by atoms with Crippen molar-refractivity contribution < 1.29 is 0 Å². The van der Waals surface area contributed by atoms with E-state index in [1.54, 1.807) is 0 Å². The maximum Gasteiger partial charge on any atom is 0.181 e. The molecule has 1 rings (SSSR count). The fourth-order valence-corrected chi connectivity index (χ4v) is 1.39. The second kappa shape index (κ2) is 3.34. The monoisotopic (exact) mass is 187 g/mol. The maximum absolute atomic E-state index is 5.75. The van der Waals surface area contributed by atoms with Gasteiger partial charge in [0.2, 0.25) is 0 Å². The lowest BCUT2D eigenvalue weighted by molar-refractivity contribution is 0.363. The third-order valence-electron chi connectivity index (χ3n) is 1.77. The molecule has 6 N–H and O–H groups in total. The number of thioether (sulfide) groups is 1. The first-order valence-corrected chi connectivity index (χ1v) is 4.69. The molecule has 0 aliphatic carbocycles. The van der Waals surface area contributed by atoms with Crippen molar-refractivity contribution in [3.05, 3.63) is 11.4 Å². The van der Waals surface area contributed by atoms with Gasteiger partial charge in [0.25, 0.3) is 0 Å². The van der Waals surface area contributed by atoms with Crippen LogP contribution in [0.5, 0.6) is 0 Å². The van der Waals surface area contributed by atoms with E-state index in [1.807, 2.05) is 13.2 Å². The highest BCUT2D eigenvalue weighted by Gasteiger charge is 2.22. The number of nitrogens with zero attached hydrogens (tertiary/aromatic N) is 2. The molecular weight excluding hydrogens is 174 g/mol. The van der Waals surface area contributed by atoms with Crippen molar-refractivity contribution in [1.29, 1.82) is 0 Å². The van der Waals surface area contributed by atoms with Gasteiger partial charge in [0.05, 0.1) is 0 Å². The Morgan fingerprint density at radius 3 is 2.67 bits per heavy atom. The molecule has 1 heterocycles. The SMILES string of the molecule is CSC1=NC(N)=C(C)C(N)N1N. The van der Waals surface area contributed by atoms with Crippen LogP contribution in [-0.2, 0) is 0 Å². The molecule has 0 bridgehead atoms. The fourth-order valence-electron chi connectivity index (χ4n) is 0.879. The van der Waals surface area contributed by atoms with E-state index in [0.717, 1.165) is 5.57 Å². The van der Waals surface area contributed by atoms with Crippen LogP contribution in [0.2, 0.25) is 0 Å². The Kier molecular flexibility index (Phi) is 2.61. The Hall–Kier alpha value is -0.720. The minimum absolute atomic E-state index is 0.357. The van der Waals surface area contributed by atoms with Crippen molar-refractivity contribution in [1.82, 2.24) is 5.01 Å². The van der Waals surface area contributed by atoms with Crippen LogP contribution in [0.25, 0.3) is 0 Å². The lowest BCUT2D eigenvalue weighted by Gasteiger charge is -2.30. The molecule has 68 valence electrons. The summed E-state index contributed by atoms with van der Waals surface area (Å²) >= 11 is 1.42. The predicted molar refractivity (Wildman–Crippen MR) is 51.8 cm³/mol. The number of hydrazine groups is 1. The standard InChI is InChI=1S/C6H13N5S/c1-3-4(7)10-6(12-2)11(9)5(3)8/h5H,7-9H2,1-2H3. The van der Waals surface area contributed by atoms with Crippen LogP contribution in [-0.4, -0.2) is 22.6 Å². The van der Waals surface area contributed by atoms with Gasteiger partial charge < -0.3 is 11.5 Å². The average molecular weight is 187 g/mol. The van der Waals surface area contributed by atoms with E-state index < -0.39 is 0 Å². The first-order chi connectivity index (χ1) is 5.57. The normalized spacial score (nSPS) is 24.5. The molecule has 0 amide bonds. The summed E-state index contributed by atoms with van der Waals surface area (Å²) in [4.78, 5) is 4.07. The highest BCUT2D eigenvalue weighted by Crippen LogP contribution is 2.17. The minimum atomic E-state index is -0.357. The second-order valence-corrected chi connectivity index (χ2v) is 3.29. The molecule has 1 aliphatic heterocycles. The number of amidine groups is 1. The lowest BCUT2D eigenvalue weighted by Crippen LogP contribution is -2.52. The highest BCUT2D eigenvalue weighted by molar-refractivity contribution is 8.13. The van der Waals surface area contributed by atoms with E-state index in [1.165, 1.54) is 16.8 Å². The van der Waals surface area contributed by atoms with Gasteiger partial charge in [-0.3, -0.25) is 5.01 Å². The molecule has 0 fully saturated rings. The smallest absolute Gasteiger partial charge is 0.181 e. The summed E-state index contributed by atoms with van der Waals surface area (Å²) in [5.41, 5.74) is 12.2. The van der Waals surface area contributed by atoms with Crippen LogP contribution in [0.1, 0.15) is 6.92 Å². The molecule has 0 saturated carbocycles. The molecule has 1 aliphatic rings. The number of hydrogen-bond donors (Lipinski definition) is 3. The molecular formula is C6H13N5S. The van der Waals surface area contributed by atoms with E-state index in [0.29, 0.717) is 11.0 Å².